The number of aromatic nitrogens is 4. The molecule has 0 aliphatic carbocycles. The Kier molecular flexibility index (Phi) is 4.00. The summed E-state index contributed by atoms with van der Waals surface area (Å²) in [7, 11) is -1.51. The fourth-order valence-corrected chi connectivity index (χ4v) is 4.17. The highest BCUT2D eigenvalue weighted by molar-refractivity contribution is 7.88. The molecular weight excluding hydrogens is 306 g/mol. The monoisotopic (exact) mass is 325 g/mol. The summed E-state index contributed by atoms with van der Waals surface area (Å²) < 4.78 is 32.9. The third-order valence-corrected chi connectivity index (χ3v) is 5.70. The minimum Gasteiger partial charge on any atom is -0.340 e. The topological polar surface area (TPSA) is 94.1 Å². The molecule has 1 aliphatic rings. The molecule has 0 spiro atoms. The molecule has 9 heteroatoms. The molecule has 0 radical (unpaired) electrons. The lowest BCUT2D eigenvalue weighted by atomic mass is 9.93. The predicted molar refractivity (Wildman–Crippen MR) is 78.4 cm³/mol. The van der Waals surface area contributed by atoms with Crippen molar-refractivity contribution in [2.45, 2.75) is 31.4 Å². The van der Waals surface area contributed by atoms with Crippen LogP contribution < -0.4 is 0 Å². The van der Waals surface area contributed by atoms with Gasteiger partial charge in [0.1, 0.15) is 5.75 Å². The van der Waals surface area contributed by atoms with E-state index >= 15 is 0 Å². The summed E-state index contributed by atoms with van der Waals surface area (Å²) in [6.07, 6.45) is 5.46. The van der Waals surface area contributed by atoms with Gasteiger partial charge in [-0.3, -0.25) is 4.68 Å². The number of hydrogen-bond acceptors (Lipinski definition) is 6. The van der Waals surface area contributed by atoms with Crippen molar-refractivity contribution in [2.75, 3.05) is 13.1 Å². The third kappa shape index (κ3) is 3.20. The van der Waals surface area contributed by atoms with E-state index in [-0.39, 0.29) is 11.6 Å². The fourth-order valence-electron chi connectivity index (χ4n) is 2.77. The van der Waals surface area contributed by atoms with E-state index < -0.39 is 10.0 Å². The number of rotatable bonds is 4. The highest BCUT2D eigenvalue weighted by Crippen LogP contribution is 2.29. The summed E-state index contributed by atoms with van der Waals surface area (Å²) in [4.78, 5) is 3.96. The molecule has 3 heterocycles. The van der Waals surface area contributed by atoms with E-state index in [2.05, 4.69) is 15.2 Å². The Hall–Kier alpha value is -1.74. The average Bonchev–Trinajstić information content (AvgIpc) is 3.07. The van der Waals surface area contributed by atoms with Gasteiger partial charge in [0.05, 0.1) is 6.20 Å². The van der Waals surface area contributed by atoms with Crippen LogP contribution in [-0.2, 0) is 22.8 Å². The lowest BCUT2D eigenvalue weighted by Gasteiger charge is -2.30. The highest BCUT2D eigenvalue weighted by Gasteiger charge is 2.30. The van der Waals surface area contributed by atoms with E-state index in [1.807, 2.05) is 19.4 Å². The minimum atomic E-state index is -3.40. The van der Waals surface area contributed by atoms with Gasteiger partial charge in [0, 0.05) is 33.3 Å². The van der Waals surface area contributed by atoms with Crippen molar-refractivity contribution in [3.63, 3.8) is 0 Å². The SMILES string of the molecule is Cc1nc(CS(=O)(=O)N2CCC(c3cnn(C)c3)CC2)no1. The van der Waals surface area contributed by atoms with Crippen molar-refractivity contribution in [2.24, 2.45) is 7.05 Å². The van der Waals surface area contributed by atoms with E-state index in [0.717, 1.165) is 12.8 Å². The van der Waals surface area contributed by atoms with Crippen molar-refractivity contribution < 1.29 is 12.9 Å². The Balaban J connectivity index is 1.62. The number of sulfonamides is 1. The first-order valence-electron chi connectivity index (χ1n) is 7.19. The van der Waals surface area contributed by atoms with Crippen molar-refractivity contribution in [3.05, 3.63) is 29.7 Å². The van der Waals surface area contributed by atoms with Crippen LogP contribution in [0.1, 0.15) is 36.0 Å². The summed E-state index contributed by atoms with van der Waals surface area (Å²) in [6, 6.07) is 0. The van der Waals surface area contributed by atoms with Gasteiger partial charge in [-0.05, 0) is 24.3 Å². The van der Waals surface area contributed by atoms with Gasteiger partial charge in [0.2, 0.25) is 15.9 Å². The summed E-state index contributed by atoms with van der Waals surface area (Å²) in [5.41, 5.74) is 1.17. The first-order chi connectivity index (χ1) is 10.4. The molecule has 1 aliphatic heterocycles. The Morgan fingerprint density at radius 3 is 2.64 bits per heavy atom. The maximum atomic E-state index is 12.4. The van der Waals surface area contributed by atoms with Crippen molar-refractivity contribution >= 4 is 10.0 Å². The van der Waals surface area contributed by atoms with Gasteiger partial charge in [-0.1, -0.05) is 5.16 Å². The van der Waals surface area contributed by atoms with E-state index in [9.17, 15) is 8.42 Å². The summed E-state index contributed by atoms with van der Waals surface area (Å²) in [6.45, 7) is 2.67. The lowest BCUT2D eigenvalue weighted by molar-refractivity contribution is 0.318. The molecule has 22 heavy (non-hydrogen) atoms. The summed E-state index contributed by atoms with van der Waals surface area (Å²) in [5, 5.41) is 7.83. The van der Waals surface area contributed by atoms with Crippen LogP contribution in [0.4, 0.5) is 0 Å². The van der Waals surface area contributed by atoms with Gasteiger partial charge in [0.25, 0.3) is 0 Å². The Labute approximate surface area is 129 Å². The molecule has 0 atom stereocenters. The Morgan fingerprint density at radius 2 is 2.09 bits per heavy atom. The van der Waals surface area contributed by atoms with Gasteiger partial charge in [-0.25, -0.2) is 12.7 Å². The molecule has 2 aromatic rings. The zero-order valence-electron chi connectivity index (χ0n) is 12.6. The van der Waals surface area contributed by atoms with Crippen LogP contribution in [0.3, 0.4) is 0 Å². The molecule has 1 fully saturated rings. The molecule has 3 rings (SSSR count). The van der Waals surface area contributed by atoms with Crippen LogP contribution in [0, 0.1) is 6.92 Å². The molecule has 0 bridgehead atoms. The van der Waals surface area contributed by atoms with Crippen LogP contribution in [0.5, 0.6) is 0 Å². The average molecular weight is 325 g/mol. The Morgan fingerprint density at radius 1 is 1.36 bits per heavy atom. The molecular formula is C13H19N5O3S. The second-order valence-corrected chi connectivity index (χ2v) is 7.58. The maximum absolute atomic E-state index is 12.4. The molecule has 120 valence electrons. The number of hydrogen-bond donors (Lipinski definition) is 0. The summed E-state index contributed by atoms with van der Waals surface area (Å²) in [5.74, 6) is 0.752. The van der Waals surface area contributed by atoms with E-state index in [1.54, 1.807) is 11.6 Å². The second-order valence-electron chi connectivity index (χ2n) is 5.61. The maximum Gasteiger partial charge on any atom is 0.223 e. The molecule has 2 aromatic heterocycles. The fraction of sp³-hybridized carbons (Fsp3) is 0.615. The van der Waals surface area contributed by atoms with Crippen molar-refractivity contribution in [1.82, 2.24) is 24.2 Å². The Bertz CT molecular complexity index is 743. The van der Waals surface area contributed by atoms with E-state index in [4.69, 9.17) is 4.52 Å². The van der Waals surface area contributed by atoms with Gasteiger partial charge < -0.3 is 4.52 Å². The molecule has 0 amide bonds. The standard InChI is InChI=1S/C13H19N5O3S/c1-10-15-13(16-21-10)9-22(19,20)18-5-3-11(4-6-18)12-7-14-17(2)8-12/h7-8,11H,3-6,9H2,1-2H3. The van der Waals surface area contributed by atoms with Gasteiger partial charge >= 0.3 is 0 Å². The molecule has 8 nitrogen and oxygen atoms in total. The number of aryl methyl sites for hydroxylation is 2. The largest absolute Gasteiger partial charge is 0.340 e. The molecule has 0 unspecified atom stereocenters. The normalized spacial score (nSPS) is 17.9. The zero-order valence-corrected chi connectivity index (χ0v) is 13.5. The van der Waals surface area contributed by atoms with Crippen LogP contribution in [0.15, 0.2) is 16.9 Å². The van der Waals surface area contributed by atoms with Crippen LogP contribution in [0.2, 0.25) is 0 Å². The molecule has 1 saturated heterocycles. The first-order valence-corrected chi connectivity index (χ1v) is 8.80. The van der Waals surface area contributed by atoms with Gasteiger partial charge in [0.15, 0.2) is 5.82 Å². The smallest absolute Gasteiger partial charge is 0.223 e. The third-order valence-electron chi connectivity index (χ3n) is 3.92. The lowest BCUT2D eigenvalue weighted by Crippen LogP contribution is -2.38. The molecule has 0 N–H and O–H groups in total. The highest BCUT2D eigenvalue weighted by atomic mass is 32.2. The molecule has 0 aromatic carbocycles. The zero-order chi connectivity index (χ0) is 15.7. The second kappa shape index (κ2) is 5.81. The minimum absolute atomic E-state index is 0.206. The first kappa shape index (κ1) is 15.2. The number of nitrogens with zero attached hydrogens (tertiary/aromatic N) is 5. The van der Waals surface area contributed by atoms with Crippen molar-refractivity contribution in [1.29, 1.82) is 0 Å². The van der Waals surface area contributed by atoms with Gasteiger partial charge in [-0.2, -0.15) is 10.1 Å². The van der Waals surface area contributed by atoms with E-state index in [0.29, 0.717) is 24.9 Å². The van der Waals surface area contributed by atoms with E-state index in [1.165, 1.54) is 9.87 Å². The van der Waals surface area contributed by atoms with Gasteiger partial charge in [-0.15, -0.1) is 0 Å². The quantitative estimate of drug-likeness (QED) is 0.826. The molecule has 0 saturated carbocycles. The van der Waals surface area contributed by atoms with Crippen molar-refractivity contribution in [3.8, 4) is 0 Å². The van der Waals surface area contributed by atoms with Crippen LogP contribution in [0.25, 0.3) is 0 Å². The number of piperidine rings is 1. The van der Waals surface area contributed by atoms with Crippen LogP contribution >= 0.6 is 0 Å². The van der Waals surface area contributed by atoms with Crippen LogP contribution in [-0.4, -0.2) is 45.7 Å². The predicted octanol–water partition coefficient (Wildman–Crippen LogP) is 0.821. The summed E-state index contributed by atoms with van der Waals surface area (Å²) >= 11 is 0.